The van der Waals surface area contributed by atoms with Crippen molar-refractivity contribution < 1.29 is 4.79 Å². The van der Waals surface area contributed by atoms with Crippen LogP contribution in [-0.4, -0.2) is 42.0 Å². The minimum Gasteiger partial charge on any atom is -0.368 e. The van der Waals surface area contributed by atoms with Gasteiger partial charge in [0.1, 0.15) is 0 Å². The molecule has 0 aliphatic carbocycles. The number of rotatable bonds is 5. The number of para-hydroxylation sites is 1. The van der Waals surface area contributed by atoms with E-state index in [-0.39, 0.29) is 5.91 Å². The van der Waals surface area contributed by atoms with Crippen LogP contribution in [0.15, 0.2) is 66.0 Å². The van der Waals surface area contributed by atoms with Gasteiger partial charge in [-0.3, -0.25) is 4.79 Å². The van der Waals surface area contributed by atoms with E-state index in [1.807, 2.05) is 29.2 Å². The number of benzene rings is 2. The lowest BCUT2D eigenvalue weighted by Gasteiger charge is -2.36. The SMILES string of the molecule is O=C(CCc1nc(-c2ccccc2)cs1)N1CCN(c2ccccc2)CC1. The van der Waals surface area contributed by atoms with Crippen molar-refractivity contribution in [3.05, 3.63) is 71.1 Å². The van der Waals surface area contributed by atoms with E-state index in [2.05, 4.69) is 51.7 Å². The lowest BCUT2D eigenvalue weighted by Crippen LogP contribution is -2.48. The summed E-state index contributed by atoms with van der Waals surface area (Å²) in [4.78, 5) is 21.6. The number of amides is 1. The minimum absolute atomic E-state index is 0.235. The number of aryl methyl sites for hydroxylation is 1. The third-order valence-electron chi connectivity index (χ3n) is 4.93. The van der Waals surface area contributed by atoms with Gasteiger partial charge < -0.3 is 9.80 Å². The van der Waals surface area contributed by atoms with Gasteiger partial charge in [-0.1, -0.05) is 48.5 Å². The van der Waals surface area contributed by atoms with E-state index in [9.17, 15) is 4.79 Å². The van der Waals surface area contributed by atoms with E-state index < -0.39 is 0 Å². The van der Waals surface area contributed by atoms with E-state index in [1.54, 1.807) is 11.3 Å². The van der Waals surface area contributed by atoms with E-state index >= 15 is 0 Å². The zero-order valence-electron chi connectivity index (χ0n) is 15.3. The van der Waals surface area contributed by atoms with Crippen molar-refractivity contribution in [2.24, 2.45) is 0 Å². The monoisotopic (exact) mass is 377 g/mol. The summed E-state index contributed by atoms with van der Waals surface area (Å²) in [5.41, 5.74) is 3.36. The predicted octanol–water partition coefficient (Wildman–Crippen LogP) is 4.09. The van der Waals surface area contributed by atoms with Crippen molar-refractivity contribution in [3.63, 3.8) is 0 Å². The van der Waals surface area contributed by atoms with Gasteiger partial charge in [0, 0.05) is 55.7 Å². The Morgan fingerprint density at radius 3 is 2.30 bits per heavy atom. The molecule has 0 bridgehead atoms. The van der Waals surface area contributed by atoms with Crippen LogP contribution in [0, 0.1) is 0 Å². The maximum Gasteiger partial charge on any atom is 0.223 e. The molecule has 2 heterocycles. The number of anilines is 1. The Morgan fingerprint density at radius 1 is 0.926 bits per heavy atom. The average molecular weight is 378 g/mol. The lowest BCUT2D eigenvalue weighted by molar-refractivity contribution is -0.131. The molecule has 1 amide bonds. The van der Waals surface area contributed by atoms with E-state index in [0.717, 1.165) is 48.9 Å². The van der Waals surface area contributed by atoms with Crippen LogP contribution >= 0.6 is 11.3 Å². The van der Waals surface area contributed by atoms with Gasteiger partial charge in [-0.05, 0) is 12.1 Å². The largest absolute Gasteiger partial charge is 0.368 e. The van der Waals surface area contributed by atoms with Gasteiger partial charge in [0.15, 0.2) is 0 Å². The number of carbonyl (C=O) groups is 1. The first kappa shape index (κ1) is 17.7. The Labute approximate surface area is 164 Å². The molecule has 1 saturated heterocycles. The maximum absolute atomic E-state index is 12.6. The van der Waals surface area contributed by atoms with Gasteiger partial charge in [0.05, 0.1) is 10.7 Å². The third-order valence-corrected chi connectivity index (χ3v) is 5.84. The summed E-state index contributed by atoms with van der Waals surface area (Å²) < 4.78 is 0. The van der Waals surface area contributed by atoms with Crippen molar-refractivity contribution in [3.8, 4) is 11.3 Å². The van der Waals surface area contributed by atoms with Crippen molar-refractivity contribution in [1.82, 2.24) is 9.88 Å². The number of hydrogen-bond acceptors (Lipinski definition) is 4. The van der Waals surface area contributed by atoms with Crippen LogP contribution in [0.1, 0.15) is 11.4 Å². The van der Waals surface area contributed by atoms with Crippen LogP contribution in [0.3, 0.4) is 0 Å². The van der Waals surface area contributed by atoms with Crippen LogP contribution < -0.4 is 4.90 Å². The van der Waals surface area contributed by atoms with Crippen LogP contribution in [0.25, 0.3) is 11.3 Å². The van der Waals surface area contributed by atoms with E-state index in [4.69, 9.17) is 0 Å². The van der Waals surface area contributed by atoms with Gasteiger partial charge in [-0.2, -0.15) is 0 Å². The molecule has 27 heavy (non-hydrogen) atoms. The van der Waals surface area contributed by atoms with Crippen LogP contribution in [0.2, 0.25) is 0 Å². The van der Waals surface area contributed by atoms with Crippen LogP contribution in [0.5, 0.6) is 0 Å². The molecule has 0 atom stereocenters. The van der Waals surface area contributed by atoms with Gasteiger partial charge >= 0.3 is 0 Å². The van der Waals surface area contributed by atoms with Crippen LogP contribution in [-0.2, 0) is 11.2 Å². The summed E-state index contributed by atoms with van der Waals surface area (Å²) in [6.45, 7) is 3.37. The fourth-order valence-electron chi connectivity index (χ4n) is 3.39. The number of nitrogens with zero attached hydrogens (tertiary/aromatic N) is 3. The second kappa shape index (κ2) is 8.35. The first-order chi connectivity index (χ1) is 13.3. The van der Waals surface area contributed by atoms with Gasteiger partial charge in [-0.15, -0.1) is 11.3 Å². The molecule has 3 aromatic rings. The summed E-state index contributed by atoms with van der Waals surface area (Å²) in [6.07, 6.45) is 1.25. The van der Waals surface area contributed by atoms with Crippen molar-refractivity contribution >= 4 is 22.9 Å². The van der Waals surface area contributed by atoms with Crippen molar-refractivity contribution in [2.45, 2.75) is 12.8 Å². The van der Waals surface area contributed by atoms with Crippen molar-refractivity contribution in [2.75, 3.05) is 31.1 Å². The molecular weight excluding hydrogens is 354 g/mol. The topological polar surface area (TPSA) is 36.4 Å². The quantitative estimate of drug-likeness (QED) is 0.672. The molecule has 0 radical (unpaired) electrons. The normalized spacial score (nSPS) is 14.4. The number of carbonyl (C=O) groups excluding carboxylic acids is 1. The van der Waals surface area contributed by atoms with Gasteiger partial charge in [0.2, 0.25) is 5.91 Å². The number of hydrogen-bond donors (Lipinski definition) is 0. The standard InChI is InChI=1S/C22H23N3OS/c26-22(25-15-13-24(14-16-25)19-9-5-2-6-10-19)12-11-21-23-20(17-27-21)18-7-3-1-4-8-18/h1-10,17H,11-16H2. The first-order valence-electron chi connectivity index (χ1n) is 9.37. The molecule has 0 unspecified atom stereocenters. The fraction of sp³-hybridized carbons (Fsp3) is 0.273. The summed E-state index contributed by atoms with van der Waals surface area (Å²) in [5, 5.41) is 3.11. The fourth-order valence-corrected chi connectivity index (χ4v) is 4.20. The molecule has 2 aromatic carbocycles. The second-order valence-electron chi connectivity index (χ2n) is 6.70. The predicted molar refractivity (Wildman–Crippen MR) is 111 cm³/mol. The smallest absolute Gasteiger partial charge is 0.223 e. The van der Waals surface area contributed by atoms with E-state index in [0.29, 0.717) is 6.42 Å². The highest BCUT2D eigenvalue weighted by Crippen LogP contribution is 2.22. The molecule has 4 nitrogen and oxygen atoms in total. The molecule has 1 aromatic heterocycles. The molecule has 1 aliphatic heterocycles. The summed E-state index contributed by atoms with van der Waals surface area (Å²) >= 11 is 1.64. The molecule has 1 fully saturated rings. The molecule has 4 rings (SSSR count). The maximum atomic E-state index is 12.6. The zero-order chi connectivity index (χ0) is 18.5. The number of thiazole rings is 1. The Kier molecular flexibility index (Phi) is 5.49. The summed E-state index contributed by atoms with van der Waals surface area (Å²) in [7, 11) is 0. The molecule has 0 N–H and O–H groups in total. The molecule has 0 spiro atoms. The molecule has 0 saturated carbocycles. The molecule has 5 heteroatoms. The minimum atomic E-state index is 0.235. The van der Waals surface area contributed by atoms with Gasteiger partial charge in [0.25, 0.3) is 0 Å². The molecule has 1 aliphatic rings. The summed E-state index contributed by atoms with van der Waals surface area (Å²) in [5.74, 6) is 0.235. The Balaban J connectivity index is 1.27. The summed E-state index contributed by atoms with van der Waals surface area (Å²) in [6, 6.07) is 20.6. The molecule has 138 valence electrons. The van der Waals surface area contributed by atoms with Gasteiger partial charge in [-0.25, -0.2) is 4.98 Å². The second-order valence-corrected chi connectivity index (χ2v) is 7.64. The average Bonchev–Trinajstić information content (AvgIpc) is 3.22. The number of aromatic nitrogens is 1. The van der Waals surface area contributed by atoms with Crippen LogP contribution in [0.4, 0.5) is 5.69 Å². The van der Waals surface area contributed by atoms with Crippen molar-refractivity contribution in [1.29, 1.82) is 0 Å². The molecular formula is C22H23N3OS. The van der Waals surface area contributed by atoms with E-state index in [1.165, 1.54) is 5.69 Å². The Bertz CT molecular complexity index is 871. The number of piperazine rings is 1. The first-order valence-corrected chi connectivity index (χ1v) is 10.3. The zero-order valence-corrected chi connectivity index (χ0v) is 16.1. The third kappa shape index (κ3) is 4.37. The highest BCUT2D eigenvalue weighted by atomic mass is 32.1. The Hall–Kier alpha value is -2.66. The highest BCUT2D eigenvalue weighted by molar-refractivity contribution is 7.09. The Morgan fingerprint density at radius 2 is 1.59 bits per heavy atom. The lowest BCUT2D eigenvalue weighted by atomic mass is 10.2. The highest BCUT2D eigenvalue weighted by Gasteiger charge is 2.21.